The van der Waals surface area contributed by atoms with Gasteiger partial charge in [0.15, 0.2) is 0 Å². The third-order valence-corrected chi connectivity index (χ3v) is 0.938. The summed E-state index contributed by atoms with van der Waals surface area (Å²) in [7, 11) is 0. The predicted molar refractivity (Wildman–Crippen MR) is 57.4 cm³/mol. The van der Waals surface area contributed by atoms with E-state index < -0.39 is 0 Å². The first-order chi connectivity index (χ1) is 3.91. The van der Waals surface area contributed by atoms with E-state index in [2.05, 4.69) is 11.9 Å². The van der Waals surface area contributed by atoms with Gasteiger partial charge in [0.2, 0.25) is 6.08 Å². The van der Waals surface area contributed by atoms with Crippen molar-refractivity contribution in [2.75, 3.05) is 6.54 Å². The standard InChI is InChI=1S/C6H11NO.2ClH.H2S/c1-2-3-4-5-7-6-8;;;/h2-5H2,1H3;2*1H;1H2. The first-order valence-corrected chi connectivity index (χ1v) is 2.95. The lowest BCUT2D eigenvalue weighted by molar-refractivity contribution is 0.561. The summed E-state index contributed by atoms with van der Waals surface area (Å²) in [4.78, 5) is 12.9. The van der Waals surface area contributed by atoms with Gasteiger partial charge >= 0.3 is 0 Å². The van der Waals surface area contributed by atoms with Crippen molar-refractivity contribution < 1.29 is 4.79 Å². The molecule has 0 unspecified atom stereocenters. The van der Waals surface area contributed by atoms with E-state index in [1.54, 1.807) is 0 Å². The van der Waals surface area contributed by atoms with Crippen molar-refractivity contribution in [2.24, 2.45) is 4.99 Å². The Balaban J connectivity index is -0.0000000817. The number of unbranched alkanes of at least 4 members (excludes halogenated alkanes) is 2. The highest BCUT2D eigenvalue weighted by molar-refractivity contribution is 7.59. The molecule has 0 N–H and O–H groups in total. The van der Waals surface area contributed by atoms with E-state index >= 15 is 0 Å². The molecule has 0 radical (unpaired) electrons. The second-order valence-corrected chi connectivity index (χ2v) is 1.68. The maximum Gasteiger partial charge on any atom is 0.234 e. The number of nitrogens with zero attached hydrogens (tertiary/aromatic N) is 1. The molecular formula is C6H15Cl2NOS. The molecule has 0 saturated heterocycles. The molecule has 0 atom stereocenters. The number of rotatable bonds is 4. The molecule has 0 aliphatic rings. The van der Waals surface area contributed by atoms with Crippen LogP contribution in [0.5, 0.6) is 0 Å². The molecule has 0 aromatic heterocycles. The van der Waals surface area contributed by atoms with Crippen molar-refractivity contribution in [3.05, 3.63) is 0 Å². The largest absolute Gasteiger partial charge is 0.234 e. The highest BCUT2D eigenvalue weighted by Crippen LogP contribution is 1.91. The second-order valence-electron chi connectivity index (χ2n) is 1.68. The number of isocyanates is 1. The fraction of sp³-hybridized carbons (Fsp3) is 0.833. The molecule has 0 aromatic rings. The van der Waals surface area contributed by atoms with E-state index in [1.807, 2.05) is 0 Å². The Morgan fingerprint density at radius 3 is 2.18 bits per heavy atom. The molecule has 0 saturated carbocycles. The lowest BCUT2D eigenvalue weighted by Crippen LogP contribution is -1.77. The second kappa shape index (κ2) is 22.4. The van der Waals surface area contributed by atoms with Crippen LogP contribution in [0.1, 0.15) is 26.2 Å². The highest BCUT2D eigenvalue weighted by atomic mass is 35.5. The molecule has 0 spiro atoms. The van der Waals surface area contributed by atoms with Crippen LogP contribution >= 0.6 is 38.3 Å². The molecule has 70 valence electrons. The summed E-state index contributed by atoms with van der Waals surface area (Å²) in [6.45, 7) is 2.77. The molecular weight excluding hydrogens is 205 g/mol. The van der Waals surface area contributed by atoms with Crippen LogP contribution in [0.15, 0.2) is 4.99 Å². The first kappa shape index (κ1) is 22.5. The molecule has 0 amide bonds. The number of hydrogen-bond donors (Lipinski definition) is 0. The number of carbonyl (C=O) groups excluding carboxylic acids is 1. The SMILES string of the molecule is CCCCCN=C=O.Cl.Cl.S. The van der Waals surface area contributed by atoms with Gasteiger partial charge in [-0.25, -0.2) is 9.79 Å². The normalized spacial score (nSPS) is 5.91. The molecule has 5 heteroatoms. The van der Waals surface area contributed by atoms with Gasteiger partial charge < -0.3 is 0 Å². The average Bonchev–Trinajstić information content (AvgIpc) is 1.81. The Morgan fingerprint density at radius 2 is 1.82 bits per heavy atom. The fourth-order valence-corrected chi connectivity index (χ4v) is 0.487. The van der Waals surface area contributed by atoms with Crippen molar-refractivity contribution >= 4 is 44.4 Å². The lowest BCUT2D eigenvalue weighted by Gasteiger charge is -1.86. The van der Waals surface area contributed by atoms with E-state index in [4.69, 9.17) is 0 Å². The Kier molecular flexibility index (Phi) is 45.9. The third-order valence-electron chi connectivity index (χ3n) is 0.938. The number of halogens is 2. The van der Waals surface area contributed by atoms with Gasteiger partial charge in [-0.3, -0.25) is 0 Å². The molecule has 0 rings (SSSR count). The van der Waals surface area contributed by atoms with Crippen molar-refractivity contribution in [3.8, 4) is 0 Å². The quantitative estimate of drug-likeness (QED) is 0.406. The van der Waals surface area contributed by atoms with Gasteiger partial charge in [-0.15, -0.1) is 24.8 Å². The number of aliphatic imine (C=N–C) groups is 1. The fourth-order valence-electron chi connectivity index (χ4n) is 0.487. The van der Waals surface area contributed by atoms with Crippen LogP contribution in [0.4, 0.5) is 0 Å². The summed E-state index contributed by atoms with van der Waals surface area (Å²) in [5, 5.41) is 0. The van der Waals surface area contributed by atoms with Crippen LogP contribution in [0.25, 0.3) is 0 Å². The zero-order valence-corrected chi connectivity index (χ0v) is 9.13. The molecule has 0 heterocycles. The minimum atomic E-state index is 0. The van der Waals surface area contributed by atoms with Gasteiger partial charge in [0.1, 0.15) is 0 Å². The first-order valence-electron chi connectivity index (χ1n) is 2.95. The Labute approximate surface area is 87.1 Å². The monoisotopic (exact) mass is 219 g/mol. The van der Waals surface area contributed by atoms with Crippen molar-refractivity contribution in [2.45, 2.75) is 26.2 Å². The van der Waals surface area contributed by atoms with Crippen molar-refractivity contribution in [1.82, 2.24) is 0 Å². The van der Waals surface area contributed by atoms with Crippen LogP contribution in [0.3, 0.4) is 0 Å². The van der Waals surface area contributed by atoms with Crippen LogP contribution in [-0.4, -0.2) is 12.6 Å². The smallest absolute Gasteiger partial charge is 0.211 e. The van der Waals surface area contributed by atoms with Crippen LogP contribution in [0.2, 0.25) is 0 Å². The van der Waals surface area contributed by atoms with Gasteiger partial charge in [0.25, 0.3) is 0 Å². The van der Waals surface area contributed by atoms with Gasteiger partial charge in [-0.1, -0.05) is 19.8 Å². The summed E-state index contributed by atoms with van der Waals surface area (Å²) < 4.78 is 0. The lowest BCUT2D eigenvalue weighted by atomic mass is 10.3. The zero-order valence-electron chi connectivity index (χ0n) is 6.50. The molecule has 0 aromatic carbocycles. The molecule has 11 heavy (non-hydrogen) atoms. The molecule has 0 aliphatic carbocycles. The van der Waals surface area contributed by atoms with E-state index in [0.29, 0.717) is 6.54 Å². The van der Waals surface area contributed by atoms with Gasteiger partial charge in [0.05, 0.1) is 6.54 Å². The molecule has 2 nitrogen and oxygen atoms in total. The van der Waals surface area contributed by atoms with E-state index in [-0.39, 0.29) is 38.3 Å². The average molecular weight is 220 g/mol. The highest BCUT2D eigenvalue weighted by Gasteiger charge is 1.79. The summed E-state index contributed by atoms with van der Waals surface area (Å²) in [6.07, 6.45) is 4.85. The van der Waals surface area contributed by atoms with Gasteiger partial charge in [-0.05, 0) is 6.42 Å². The molecule has 0 bridgehead atoms. The maximum absolute atomic E-state index is 9.48. The number of hydrogen-bond acceptors (Lipinski definition) is 2. The molecule has 0 aliphatic heterocycles. The van der Waals surface area contributed by atoms with Crippen molar-refractivity contribution in [3.63, 3.8) is 0 Å². The Morgan fingerprint density at radius 1 is 1.27 bits per heavy atom. The van der Waals surface area contributed by atoms with Crippen molar-refractivity contribution in [1.29, 1.82) is 0 Å². The third kappa shape index (κ3) is 25.3. The van der Waals surface area contributed by atoms with Crippen LogP contribution in [0, 0.1) is 0 Å². The Hall–Kier alpha value is 0.310. The minimum Gasteiger partial charge on any atom is -0.211 e. The Bertz CT molecular complexity index is 96.6. The summed E-state index contributed by atoms with van der Waals surface area (Å²) in [5.74, 6) is 0. The van der Waals surface area contributed by atoms with Crippen LogP contribution < -0.4 is 0 Å². The summed E-state index contributed by atoms with van der Waals surface area (Å²) in [5.41, 5.74) is 0. The zero-order chi connectivity index (χ0) is 6.24. The summed E-state index contributed by atoms with van der Waals surface area (Å²) >= 11 is 0. The minimum absolute atomic E-state index is 0. The van der Waals surface area contributed by atoms with E-state index in [9.17, 15) is 4.79 Å². The van der Waals surface area contributed by atoms with E-state index in [1.165, 1.54) is 12.5 Å². The van der Waals surface area contributed by atoms with Gasteiger partial charge in [-0.2, -0.15) is 13.5 Å². The maximum atomic E-state index is 9.48. The van der Waals surface area contributed by atoms with Gasteiger partial charge in [0, 0.05) is 0 Å². The molecule has 0 fully saturated rings. The topological polar surface area (TPSA) is 29.4 Å². The summed E-state index contributed by atoms with van der Waals surface area (Å²) in [6, 6.07) is 0. The van der Waals surface area contributed by atoms with E-state index in [0.717, 1.165) is 12.8 Å². The van der Waals surface area contributed by atoms with Crippen LogP contribution in [-0.2, 0) is 4.79 Å². The predicted octanol–water partition coefficient (Wildman–Crippen LogP) is 2.47.